The van der Waals surface area contributed by atoms with Gasteiger partial charge < -0.3 is 19.1 Å². The Bertz CT molecular complexity index is 1090. The molecule has 4 rings (SSSR count). The molecule has 0 N–H and O–H groups in total. The number of methoxy groups -OCH3 is 2. The molecule has 0 saturated carbocycles. The van der Waals surface area contributed by atoms with Gasteiger partial charge in [0.05, 0.1) is 26.3 Å². The van der Waals surface area contributed by atoms with Crippen LogP contribution < -0.4 is 14.2 Å². The number of benzene rings is 2. The van der Waals surface area contributed by atoms with Gasteiger partial charge >= 0.3 is 6.09 Å². The number of rotatable bonds is 5. The Kier molecular flexibility index (Phi) is 5.01. The van der Waals surface area contributed by atoms with E-state index in [2.05, 4.69) is 24.0 Å². The van der Waals surface area contributed by atoms with Crippen LogP contribution in [0.25, 0.3) is 10.9 Å². The third-order valence-electron chi connectivity index (χ3n) is 5.37. The summed E-state index contributed by atoms with van der Waals surface area (Å²) in [6.07, 6.45) is 0.319. The highest BCUT2D eigenvalue weighted by Crippen LogP contribution is 2.31. The zero-order valence-electron chi connectivity index (χ0n) is 17.1. The van der Waals surface area contributed by atoms with Crippen molar-refractivity contribution >= 4 is 17.0 Å². The Labute approximate surface area is 170 Å². The van der Waals surface area contributed by atoms with Crippen molar-refractivity contribution in [1.82, 2.24) is 9.88 Å². The summed E-state index contributed by atoms with van der Waals surface area (Å²) in [4.78, 5) is 18.8. The van der Waals surface area contributed by atoms with Gasteiger partial charge in [0, 0.05) is 17.5 Å². The predicted octanol–water partition coefficient (Wildman–Crippen LogP) is 4.43. The zero-order chi connectivity index (χ0) is 20.5. The van der Waals surface area contributed by atoms with Crippen LogP contribution in [0.3, 0.4) is 0 Å². The second-order valence-electron chi connectivity index (χ2n) is 7.28. The Hall–Kier alpha value is -3.28. The molecule has 0 bridgehead atoms. The van der Waals surface area contributed by atoms with Crippen molar-refractivity contribution in [2.45, 2.75) is 26.8 Å². The summed E-state index contributed by atoms with van der Waals surface area (Å²) in [7, 11) is 3.22. The number of hydrogen-bond acceptors (Lipinski definition) is 5. The van der Waals surface area contributed by atoms with Crippen LogP contribution in [-0.2, 0) is 13.0 Å². The van der Waals surface area contributed by atoms with Gasteiger partial charge in [0.1, 0.15) is 0 Å². The van der Waals surface area contributed by atoms with E-state index < -0.39 is 0 Å². The number of ether oxygens (including phenoxy) is 3. The molecule has 0 fully saturated rings. The average molecular weight is 392 g/mol. The number of nitrogens with zero attached hydrogens (tertiary/aromatic N) is 2. The van der Waals surface area contributed by atoms with Crippen molar-refractivity contribution in [2.75, 3.05) is 20.8 Å². The third kappa shape index (κ3) is 3.58. The van der Waals surface area contributed by atoms with Gasteiger partial charge in [-0.15, -0.1) is 0 Å². The molecule has 1 amide bonds. The minimum atomic E-state index is -0.366. The number of hydrogen-bond donors (Lipinski definition) is 0. The fraction of sp³-hybridized carbons (Fsp3) is 0.304. The zero-order valence-corrected chi connectivity index (χ0v) is 17.1. The molecule has 3 aromatic rings. The Morgan fingerprint density at radius 1 is 1.03 bits per heavy atom. The quantitative estimate of drug-likeness (QED) is 0.643. The highest BCUT2D eigenvalue weighted by molar-refractivity contribution is 5.87. The van der Waals surface area contributed by atoms with Crippen molar-refractivity contribution in [3.05, 3.63) is 58.7 Å². The van der Waals surface area contributed by atoms with E-state index in [1.54, 1.807) is 19.1 Å². The molecule has 0 radical (unpaired) electrons. The number of pyridine rings is 1. The van der Waals surface area contributed by atoms with Crippen LogP contribution in [0.15, 0.2) is 36.4 Å². The average Bonchev–Trinajstić information content (AvgIpc) is 2.73. The molecule has 1 aliphatic rings. The van der Waals surface area contributed by atoms with Crippen LogP contribution in [0.4, 0.5) is 4.79 Å². The van der Waals surface area contributed by atoms with E-state index in [4.69, 9.17) is 14.2 Å². The number of fused-ring (bicyclic) bond motifs is 2. The van der Waals surface area contributed by atoms with E-state index in [1.807, 2.05) is 31.2 Å². The number of aromatic nitrogens is 1. The fourth-order valence-electron chi connectivity index (χ4n) is 3.65. The summed E-state index contributed by atoms with van der Waals surface area (Å²) >= 11 is 0. The highest BCUT2D eigenvalue weighted by atomic mass is 16.6. The van der Waals surface area contributed by atoms with Gasteiger partial charge in [-0.05, 0) is 55.2 Å². The van der Waals surface area contributed by atoms with Gasteiger partial charge in [-0.1, -0.05) is 18.2 Å². The molecule has 2 heterocycles. The molecule has 1 aliphatic heterocycles. The summed E-state index contributed by atoms with van der Waals surface area (Å²) in [5, 5.41) is 1.10. The molecule has 6 nitrogen and oxygen atoms in total. The summed E-state index contributed by atoms with van der Waals surface area (Å²) in [6, 6.07) is 12.0. The Morgan fingerprint density at radius 2 is 1.79 bits per heavy atom. The third-order valence-corrected chi connectivity index (χ3v) is 5.37. The van der Waals surface area contributed by atoms with E-state index in [9.17, 15) is 4.79 Å². The summed E-state index contributed by atoms with van der Waals surface area (Å²) in [6.45, 7) is 5.11. The normalized spacial score (nSPS) is 13.2. The molecular formula is C23H24N2O4. The van der Waals surface area contributed by atoms with Gasteiger partial charge in [-0.25, -0.2) is 9.78 Å². The van der Waals surface area contributed by atoms with Crippen molar-refractivity contribution in [3.8, 4) is 17.4 Å². The van der Waals surface area contributed by atoms with Crippen LogP contribution in [0.2, 0.25) is 0 Å². The number of amides is 1. The first-order valence-corrected chi connectivity index (χ1v) is 9.57. The summed E-state index contributed by atoms with van der Waals surface area (Å²) in [5.74, 6) is 1.78. The standard InChI is InChI=1S/C23H24N2O4/c1-14-5-6-15(2)21-18(14)12-17-13-25(23(26)29-22(17)24-21)10-9-16-7-8-19(27-3)20(11-16)28-4/h5-8,11-12H,9-10,13H2,1-4H3. The van der Waals surface area contributed by atoms with E-state index in [1.165, 1.54) is 0 Å². The lowest BCUT2D eigenvalue weighted by Gasteiger charge is -2.28. The molecule has 150 valence electrons. The first-order chi connectivity index (χ1) is 14.0. The largest absolute Gasteiger partial charge is 0.493 e. The van der Waals surface area contributed by atoms with Crippen LogP contribution in [0.5, 0.6) is 17.4 Å². The predicted molar refractivity (Wildman–Crippen MR) is 111 cm³/mol. The first-order valence-electron chi connectivity index (χ1n) is 9.57. The fourth-order valence-corrected chi connectivity index (χ4v) is 3.65. The molecule has 2 aromatic carbocycles. The number of carbonyl (C=O) groups is 1. The van der Waals surface area contributed by atoms with Crippen molar-refractivity contribution in [3.63, 3.8) is 0 Å². The number of aryl methyl sites for hydroxylation is 2. The smallest absolute Gasteiger partial charge is 0.416 e. The second-order valence-corrected chi connectivity index (χ2v) is 7.28. The van der Waals surface area contributed by atoms with Gasteiger partial charge in [0.2, 0.25) is 5.88 Å². The highest BCUT2D eigenvalue weighted by Gasteiger charge is 2.26. The molecule has 1 aromatic heterocycles. The lowest BCUT2D eigenvalue weighted by molar-refractivity contribution is 0.136. The molecule has 29 heavy (non-hydrogen) atoms. The molecule has 6 heteroatoms. The molecule has 0 aliphatic carbocycles. The van der Waals surface area contributed by atoms with Crippen LogP contribution in [0, 0.1) is 13.8 Å². The lowest BCUT2D eigenvalue weighted by Crippen LogP contribution is -2.38. The van der Waals surface area contributed by atoms with Crippen LogP contribution in [-0.4, -0.2) is 36.7 Å². The lowest BCUT2D eigenvalue weighted by atomic mass is 10.0. The number of carbonyl (C=O) groups excluding carboxylic acids is 1. The maximum absolute atomic E-state index is 12.5. The van der Waals surface area contributed by atoms with Crippen molar-refractivity contribution < 1.29 is 19.0 Å². The molecule has 0 spiro atoms. The minimum Gasteiger partial charge on any atom is -0.493 e. The van der Waals surface area contributed by atoms with Crippen molar-refractivity contribution in [1.29, 1.82) is 0 Å². The van der Waals surface area contributed by atoms with E-state index in [0.717, 1.165) is 33.2 Å². The van der Waals surface area contributed by atoms with Crippen LogP contribution >= 0.6 is 0 Å². The van der Waals surface area contributed by atoms with Gasteiger partial charge in [0.15, 0.2) is 11.5 Å². The van der Waals surface area contributed by atoms with Gasteiger partial charge in [0.25, 0.3) is 0 Å². The summed E-state index contributed by atoms with van der Waals surface area (Å²) in [5.41, 5.74) is 5.10. The molecule has 0 unspecified atom stereocenters. The molecule has 0 atom stereocenters. The van der Waals surface area contributed by atoms with Gasteiger partial charge in [-0.2, -0.15) is 0 Å². The SMILES string of the molecule is COc1ccc(CCN2Cc3cc4c(C)ccc(C)c4nc3OC2=O)cc1OC. The maximum Gasteiger partial charge on any atom is 0.416 e. The van der Waals surface area contributed by atoms with E-state index in [0.29, 0.717) is 36.9 Å². The second kappa shape index (κ2) is 7.62. The first kappa shape index (κ1) is 19.1. The van der Waals surface area contributed by atoms with E-state index >= 15 is 0 Å². The van der Waals surface area contributed by atoms with Crippen LogP contribution in [0.1, 0.15) is 22.3 Å². The van der Waals surface area contributed by atoms with E-state index in [-0.39, 0.29) is 6.09 Å². The monoisotopic (exact) mass is 392 g/mol. The minimum absolute atomic E-state index is 0.366. The van der Waals surface area contributed by atoms with Crippen molar-refractivity contribution in [2.24, 2.45) is 0 Å². The molecular weight excluding hydrogens is 368 g/mol. The van der Waals surface area contributed by atoms with Gasteiger partial charge in [-0.3, -0.25) is 0 Å². The Balaban J connectivity index is 1.55. The Morgan fingerprint density at radius 3 is 2.55 bits per heavy atom. The summed E-state index contributed by atoms with van der Waals surface area (Å²) < 4.78 is 16.2. The maximum atomic E-state index is 12.5. The topological polar surface area (TPSA) is 60.9 Å². The molecule has 0 saturated heterocycles.